The van der Waals surface area contributed by atoms with Gasteiger partial charge < -0.3 is 25.5 Å². The number of ether oxygens (including phenoxy) is 1. The maximum absolute atomic E-state index is 13.4. The van der Waals surface area contributed by atoms with E-state index >= 15 is 0 Å². The number of pyridine rings is 1. The van der Waals surface area contributed by atoms with Crippen LogP contribution in [0.4, 0.5) is 11.5 Å². The minimum Gasteiger partial charge on any atom is -0.495 e. The maximum Gasteiger partial charge on any atom is 0.326 e. The Morgan fingerprint density at radius 1 is 1.19 bits per heavy atom. The lowest BCUT2D eigenvalue weighted by atomic mass is 10.1. The van der Waals surface area contributed by atoms with Crippen molar-refractivity contribution < 1.29 is 19.4 Å². The van der Waals surface area contributed by atoms with Crippen molar-refractivity contribution in [3.8, 4) is 5.75 Å². The number of hydrogen-bond acceptors (Lipinski definition) is 7. The van der Waals surface area contributed by atoms with Gasteiger partial charge in [-0.1, -0.05) is 6.07 Å². The zero-order valence-electron chi connectivity index (χ0n) is 20.6. The van der Waals surface area contributed by atoms with Crippen LogP contribution in [0.5, 0.6) is 5.75 Å². The van der Waals surface area contributed by atoms with Crippen LogP contribution >= 0.6 is 0 Å². The molecule has 1 atom stereocenters. The number of benzene rings is 2. The first-order valence-electron chi connectivity index (χ1n) is 11.4. The van der Waals surface area contributed by atoms with Gasteiger partial charge in [-0.15, -0.1) is 0 Å². The van der Waals surface area contributed by atoms with Crippen molar-refractivity contribution in [1.82, 2.24) is 14.5 Å². The third-order valence-electron chi connectivity index (χ3n) is 6.03. The van der Waals surface area contributed by atoms with Crippen molar-refractivity contribution in [2.45, 2.75) is 19.5 Å². The fraction of sp³-hybridized carbons (Fsp3) is 0.192. The highest BCUT2D eigenvalue weighted by Crippen LogP contribution is 2.27. The zero-order chi connectivity index (χ0) is 26.7. The number of carbonyl (C=O) groups excluding carboxylic acids is 1. The largest absolute Gasteiger partial charge is 0.495 e. The number of amidine groups is 1. The van der Waals surface area contributed by atoms with Crippen molar-refractivity contribution in [3.63, 3.8) is 0 Å². The molecule has 0 bridgehead atoms. The summed E-state index contributed by atoms with van der Waals surface area (Å²) in [5.74, 6) is -0.184. The number of fused-ring (bicyclic) bond motifs is 1. The van der Waals surface area contributed by atoms with Gasteiger partial charge in [0.05, 0.1) is 30.4 Å². The van der Waals surface area contributed by atoms with E-state index < -0.39 is 17.9 Å². The molecule has 37 heavy (non-hydrogen) atoms. The number of rotatable bonds is 9. The molecule has 11 nitrogen and oxygen atoms in total. The molecular weight excluding hydrogens is 474 g/mol. The van der Waals surface area contributed by atoms with Gasteiger partial charge in [0.2, 0.25) is 0 Å². The van der Waals surface area contributed by atoms with E-state index in [2.05, 4.69) is 15.3 Å². The van der Waals surface area contributed by atoms with Crippen molar-refractivity contribution in [3.05, 3.63) is 77.7 Å². The first kappa shape index (κ1) is 25.2. The topological polar surface area (TPSA) is 159 Å². The molecule has 0 saturated heterocycles. The van der Waals surface area contributed by atoms with E-state index in [1.165, 1.54) is 20.2 Å². The molecule has 190 valence electrons. The number of carbonyl (C=O) groups is 2. The lowest BCUT2D eigenvalue weighted by molar-refractivity contribution is -0.138. The Hall–Kier alpha value is -4.93. The number of aryl methyl sites for hydroxylation is 1. The molecule has 0 aliphatic carbocycles. The summed E-state index contributed by atoms with van der Waals surface area (Å²) in [5, 5.41) is 20.5. The van der Waals surface area contributed by atoms with Gasteiger partial charge in [0, 0.05) is 24.4 Å². The molecule has 4 aromatic rings. The lowest BCUT2D eigenvalue weighted by Crippen LogP contribution is -2.44. The number of aromatic nitrogens is 3. The highest BCUT2D eigenvalue weighted by Gasteiger charge is 2.29. The molecule has 0 fully saturated rings. The van der Waals surface area contributed by atoms with Gasteiger partial charge >= 0.3 is 5.97 Å². The highest BCUT2D eigenvalue weighted by molar-refractivity contribution is 6.09. The molecule has 0 aliphatic rings. The average molecular weight is 502 g/mol. The number of nitrogens with two attached hydrogens (primary N) is 1. The van der Waals surface area contributed by atoms with E-state index in [-0.39, 0.29) is 11.7 Å². The predicted octanol–water partition coefficient (Wildman–Crippen LogP) is 2.99. The molecule has 2 aromatic carbocycles. The normalized spacial score (nSPS) is 11.6. The number of carboxylic acid groups (broad SMARTS) is 1. The van der Waals surface area contributed by atoms with Gasteiger partial charge in [0.15, 0.2) is 0 Å². The Morgan fingerprint density at radius 2 is 1.95 bits per heavy atom. The first-order chi connectivity index (χ1) is 17.7. The van der Waals surface area contributed by atoms with Crippen molar-refractivity contribution >= 4 is 40.3 Å². The van der Waals surface area contributed by atoms with Crippen molar-refractivity contribution in [2.24, 2.45) is 12.8 Å². The van der Waals surface area contributed by atoms with E-state index in [0.29, 0.717) is 40.4 Å². The monoisotopic (exact) mass is 501 g/mol. The molecule has 0 aliphatic heterocycles. The van der Waals surface area contributed by atoms with E-state index in [4.69, 9.17) is 15.9 Å². The number of amides is 1. The van der Waals surface area contributed by atoms with Crippen LogP contribution < -0.4 is 20.7 Å². The smallest absolute Gasteiger partial charge is 0.326 e. The number of nitrogens with zero attached hydrogens (tertiary/aromatic N) is 4. The van der Waals surface area contributed by atoms with Crippen LogP contribution in [0.3, 0.4) is 0 Å². The van der Waals surface area contributed by atoms with Crippen LogP contribution in [0, 0.1) is 5.41 Å². The second-order valence-corrected chi connectivity index (χ2v) is 8.35. The predicted molar refractivity (Wildman–Crippen MR) is 140 cm³/mol. The van der Waals surface area contributed by atoms with Gasteiger partial charge in [0.1, 0.15) is 29.3 Å². The second kappa shape index (κ2) is 10.4. The average Bonchev–Trinajstić information content (AvgIpc) is 3.22. The van der Waals surface area contributed by atoms with Crippen LogP contribution in [-0.4, -0.2) is 50.5 Å². The number of hydrogen-bond donors (Lipinski definition) is 4. The van der Waals surface area contributed by atoms with Gasteiger partial charge in [-0.05, 0) is 55.5 Å². The van der Waals surface area contributed by atoms with E-state index in [1.807, 2.05) is 11.6 Å². The standard InChI is InChI=1S/C26H27N7O4/c1-15(26(35)36)33(22-6-4-5-11-29-22)25(34)17-8-10-20-19(12-17)31-23(32(20)2)14-30-18-9-7-16(24(27)28)13-21(18)37-3/h4-13,15,30H,14H2,1-3H3,(H3,27,28)(H,35,36). The molecular formula is C26H27N7O4. The fourth-order valence-electron chi connectivity index (χ4n) is 3.94. The molecule has 0 saturated carbocycles. The van der Waals surface area contributed by atoms with Crippen LogP contribution in [0.1, 0.15) is 28.7 Å². The Morgan fingerprint density at radius 3 is 2.59 bits per heavy atom. The van der Waals surface area contributed by atoms with Gasteiger partial charge in [-0.3, -0.25) is 15.1 Å². The molecule has 11 heteroatoms. The molecule has 1 unspecified atom stereocenters. The maximum atomic E-state index is 13.4. The summed E-state index contributed by atoms with van der Waals surface area (Å²) in [6, 6.07) is 14.1. The Kier molecular flexibility index (Phi) is 7.05. The molecule has 4 rings (SSSR count). The minimum absolute atomic E-state index is 0.0510. The third kappa shape index (κ3) is 5.06. The lowest BCUT2D eigenvalue weighted by Gasteiger charge is -2.25. The SMILES string of the molecule is COc1cc(C(=N)N)ccc1NCc1nc2cc(C(=O)N(c3ccccn3)C(C)C(=O)O)ccc2n1C. The summed E-state index contributed by atoms with van der Waals surface area (Å²) in [5.41, 5.74) is 8.53. The summed E-state index contributed by atoms with van der Waals surface area (Å²) in [7, 11) is 3.41. The second-order valence-electron chi connectivity index (χ2n) is 8.35. The number of methoxy groups -OCH3 is 1. The summed E-state index contributed by atoms with van der Waals surface area (Å²) in [6.07, 6.45) is 1.51. The zero-order valence-corrected chi connectivity index (χ0v) is 20.6. The molecule has 2 aromatic heterocycles. The third-order valence-corrected chi connectivity index (χ3v) is 6.03. The highest BCUT2D eigenvalue weighted by atomic mass is 16.5. The van der Waals surface area contributed by atoms with E-state index in [9.17, 15) is 14.7 Å². The van der Waals surface area contributed by atoms with Crippen LogP contribution in [0.25, 0.3) is 11.0 Å². The number of aliphatic carboxylic acids is 1. The summed E-state index contributed by atoms with van der Waals surface area (Å²) in [6.45, 7) is 1.80. The van der Waals surface area contributed by atoms with Gasteiger partial charge in [0.25, 0.3) is 5.91 Å². The number of carboxylic acids is 1. The number of anilines is 2. The Bertz CT molecular complexity index is 1480. The van der Waals surface area contributed by atoms with Crippen LogP contribution in [-0.2, 0) is 18.4 Å². The Labute approximate surface area is 213 Å². The van der Waals surface area contributed by atoms with Gasteiger partial charge in [-0.2, -0.15) is 0 Å². The minimum atomic E-state index is -1.14. The molecule has 0 radical (unpaired) electrons. The summed E-state index contributed by atoms with van der Waals surface area (Å²) < 4.78 is 7.33. The molecule has 2 heterocycles. The molecule has 0 spiro atoms. The molecule has 5 N–H and O–H groups in total. The first-order valence-corrected chi connectivity index (χ1v) is 11.4. The Balaban J connectivity index is 1.62. The van der Waals surface area contributed by atoms with Crippen molar-refractivity contribution in [2.75, 3.05) is 17.3 Å². The van der Waals surface area contributed by atoms with Crippen molar-refractivity contribution in [1.29, 1.82) is 5.41 Å². The van der Waals surface area contributed by atoms with E-state index in [1.54, 1.807) is 54.6 Å². The van der Waals surface area contributed by atoms with Crippen LogP contribution in [0.2, 0.25) is 0 Å². The van der Waals surface area contributed by atoms with E-state index in [0.717, 1.165) is 10.4 Å². The fourth-order valence-corrected chi connectivity index (χ4v) is 3.94. The summed E-state index contributed by atoms with van der Waals surface area (Å²) >= 11 is 0. The van der Waals surface area contributed by atoms with Crippen LogP contribution in [0.15, 0.2) is 60.8 Å². The number of nitrogens with one attached hydrogen (secondary N) is 2. The van der Waals surface area contributed by atoms with Gasteiger partial charge in [-0.25, -0.2) is 14.8 Å². The quantitative estimate of drug-likeness (QED) is 0.201. The summed E-state index contributed by atoms with van der Waals surface area (Å²) in [4.78, 5) is 35.2. The number of nitrogen functional groups attached to an aromatic ring is 1. The number of imidazole rings is 1. The molecule has 1 amide bonds.